The number of likely N-dealkylation sites (N-methyl/N-ethyl adjacent to an activating group) is 1. The fourth-order valence-electron chi connectivity index (χ4n) is 4.10. The predicted octanol–water partition coefficient (Wildman–Crippen LogP) is 2.12. The van der Waals surface area contributed by atoms with Gasteiger partial charge in [0.1, 0.15) is 5.60 Å². The highest BCUT2D eigenvalue weighted by Gasteiger charge is 2.44. The molecule has 0 bridgehead atoms. The van der Waals surface area contributed by atoms with E-state index in [2.05, 4.69) is 24.0 Å². The minimum absolute atomic E-state index is 0.0473. The van der Waals surface area contributed by atoms with Crippen LogP contribution in [0.15, 0.2) is 30.5 Å². The molecule has 1 aromatic heterocycles. The second kappa shape index (κ2) is 7.02. The summed E-state index contributed by atoms with van der Waals surface area (Å²) in [6.07, 6.45) is 4.05. The van der Waals surface area contributed by atoms with Gasteiger partial charge in [0, 0.05) is 30.4 Å². The number of ether oxygens (including phenoxy) is 2. The topological polar surface area (TPSA) is 57.8 Å². The van der Waals surface area contributed by atoms with Gasteiger partial charge in [0.15, 0.2) is 0 Å². The van der Waals surface area contributed by atoms with Crippen LogP contribution in [0.5, 0.6) is 0 Å². The van der Waals surface area contributed by atoms with Crippen LogP contribution in [0.4, 0.5) is 0 Å². The van der Waals surface area contributed by atoms with E-state index >= 15 is 0 Å². The molecule has 2 aliphatic rings. The number of benzene rings is 1. The van der Waals surface area contributed by atoms with E-state index in [0.29, 0.717) is 31.9 Å². The number of hydrogen-bond donors (Lipinski definition) is 1. The Bertz CT molecular complexity index is 787. The van der Waals surface area contributed by atoms with Crippen LogP contribution in [0.2, 0.25) is 0 Å². The molecule has 6 nitrogen and oxygen atoms in total. The van der Waals surface area contributed by atoms with E-state index in [0.717, 1.165) is 30.3 Å². The number of nitrogens with one attached hydrogen (secondary N) is 1. The number of aromatic nitrogens is 1. The molecule has 2 aromatic rings. The lowest BCUT2D eigenvalue weighted by molar-refractivity contribution is -0.0878. The van der Waals surface area contributed by atoms with Gasteiger partial charge in [-0.05, 0) is 50.5 Å². The average Bonchev–Trinajstić information content (AvgIpc) is 3.17. The van der Waals surface area contributed by atoms with Crippen molar-refractivity contribution in [2.75, 3.05) is 46.9 Å². The summed E-state index contributed by atoms with van der Waals surface area (Å²) >= 11 is 0. The molecule has 3 heterocycles. The van der Waals surface area contributed by atoms with E-state index < -0.39 is 0 Å². The summed E-state index contributed by atoms with van der Waals surface area (Å²) in [5, 5.41) is 1.11. The molecule has 0 unspecified atom stereocenters. The first-order chi connectivity index (χ1) is 12.5. The van der Waals surface area contributed by atoms with Gasteiger partial charge in [0.2, 0.25) is 0 Å². The van der Waals surface area contributed by atoms with Gasteiger partial charge in [0.25, 0.3) is 5.91 Å². The maximum atomic E-state index is 13.1. The normalized spacial score (nSPS) is 26.7. The Morgan fingerprint density at radius 3 is 3.12 bits per heavy atom. The first-order valence-electron chi connectivity index (χ1n) is 9.31. The molecule has 2 saturated heterocycles. The molecule has 140 valence electrons. The molecule has 1 spiro atoms. The number of hydrogen-bond acceptors (Lipinski definition) is 4. The zero-order chi connectivity index (χ0) is 18.1. The number of rotatable bonds is 3. The lowest BCUT2D eigenvalue weighted by atomic mass is 9.99. The number of fused-ring (bicyclic) bond motifs is 1. The van der Waals surface area contributed by atoms with Gasteiger partial charge in [0.05, 0.1) is 25.9 Å². The summed E-state index contributed by atoms with van der Waals surface area (Å²) in [7, 11) is 4.12. The smallest absolute Gasteiger partial charge is 0.254 e. The van der Waals surface area contributed by atoms with Gasteiger partial charge >= 0.3 is 0 Å². The highest BCUT2D eigenvalue weighted by atomic mass is 16.6. The second-order valence-electron chi connectivity index (χ2n) is 7.78. The zero-order valence-electron chi connectivity index (χ0n) is 15.5. The van der Waals surface area contributed by atoms with Gasteiger partial charge in [-0.3, -0.25) is 4.79 Å². The molecular formula is C20H27N3O3. The Kier molecular flexibility index (Phi) is 4.73. The van der Waals surface area contributed by atoms with Gasteiger partial charge in [-0.15, -0.1) is 0 Å². The number of amides is 1. The summed E-state index contributed by atoms with van der Waals surface area (Å²) in [4.78, 5) is 20.3. The van der Waals surface area contributed by atoms with Gasteiger partial charge < -0.3 is 24.3 Å². The third kappa shape index (κ3) is 3.49. The van der Waals surface area contributed by atoms with Crippen molar-refractivity contribution in [3.63, 3.8) is 0 Å². The monoisotopic (exact) mass is 357 g/mol. The molecule has 1 amide bonds. The molecule has 2 fully saturated rings. The molecule has 0 radical (unpaired) electrons. The summed E-state index contributed by atoms with van der Waals surface area (Å²) in [6.45, 7) is 3.22. The highest BCUT2D eigenvalue weighted by Crippen LogP contribution is 2.33. The Morgan fingerprint density at radius 1 is 1.38 bits per heavy atom. The van der Waals surface area contributed by atoms with Crippen molar-refractivity contribution in [3.8, 4) is 0 Å². The van der Waals surface area contributed by atoms with Crippen LogP contribution in [0.25, 0.3) is 10.9 Å². The number of carbonyl (C=O) groups excluding carboxylic acids is 1. The molecule has 0 aliphatic carbocycles. The second-order valence-corrected chi connectivity index (χ2v) is 7.78. The standard InChI is InChI=1S/C20H27N3O3/c1-22(2)12-17-5-7-20(26-17)13-23(9-10-25-14-20)19(24)16-4-3-15-6-8-21-18(15)11-16/h3-4,6,8,11,17,21H,5,7,9-10,12-14H2,1-2H3/t17-,20+/m1/s1. The van der Waals surface area contributed by atoms with Crippen molar-refractivity contribution in [3.05, 3.63) is 36.0 Å². The molecule has 6 heteroatoms. The number of carbonyl (C=O) groups is 1. The van der Waals surface area contributed by atoms with Crippen LogP contribution in [0.3, 0.4) is 0 Å². The first kappa shape index (κ1) is 17.5. The SMILES string of the molecule is CN(C)C[C@H]1CC[C@]2(COCCN(C(=O)c3ccc4cc[nH]c4c3)C2)O1. The summed E-state index contributed by atoms with van der Waals surface area (Å²) in [6, 6.07) is 7.83. The van der Waals surface area contributed by atoms with E-state index in [9.17, 15) is 4.79 Å². The Labute approximate surface area is 154 Å². The molecule has 2 atom stereocenters. The van der Waals surface area contributed by atoms with Crippen LogP contribution in [-0.4, -0.2) is 79.3 Å². The van der Waals surface area contributed by atoms with Crippen molar-refractivity contribution < 1.29 is 14.3 Å². The van der Waals surface area contributed by atoms with Gasteiger partial charge in [-0.2, -0.15) is 0 Å². The third-order valence-electron chi connectivity index (χ3n) is 5.35. The molecule has 0 saturated carbocycles. The van der Waals surface area contributed by atoms with Crippen LogP contribution in [0.1, 0.15) is 23.2 Å². The predicted molar refractivity (Wildman–Crippen MR) is 100 cm³/mol. The number of nitrogens with zero attached hydrogens (tertiary/aromatic N) is 2. The Morgan fingerprint density at radius 2 is 2.27 bits per heavy atom. The maximum Gasteiger partial charge on any atom is 0.254 e. The molecule has 4 rings (SSSR count). The minimum atomic E-state index is -0.372. The van der Waals surface area contributed by atoms with Gasteiger partial charge in [-0.25, -0.2) is 0 Å². The van der Waals surface area contributed by atoms with Gasteiger partial charge in [-0.1, -0.05) is 6.07 Å². The van der Waals surface area contributed by atoms with E-state index in [1.54, 1.807) is 0 Å². The largest absolute Gasteiger partial charge is 0.377 e. The van der Waals surface area contributed by atoms with Crippen molar-refractivity contribution in [1.29, 1.82) is 0 Å². The average molecular weight is 357 g/mol. The number of H-pyrrole nitrogens is 1. The maximum absolute atomic E-state index is 13.1. The van der Waals surface area contributed by atoms with Crippen molar-refractivity contribution >= 4 is 16.8 Å². The van der Waals surface area contributed by atoms with E-state index in [-0.39, 0.29) is 17.6 Å². The molecule has 2 aliphatic heterocycles. The van der Waals surface area contributed by atoms with Crippen molar-refractivity contribution in [1.82, 2.24) is 14.8 Å². The van der Waals surface area contributed by atoms with E-state index in [4.69, 9.17) is 9.47 Å². The Hall–Kier alpha value is -1.89. The van der Waals surface area contributed by atoms with E-state index in [1.165, 1.54) is 0 Å². The third-order valence-corrected chi connectivity index (χ3v) is 5.35. The molecular weight excluding hydrogens is 330 g/mol. The quantitative estimate of drug-likeness (QED) is 0.914. The van der Waals surface area contributed by atoms with E-state index in [1.807, 2.05) is 35.4 Å². The van der Waals surface area contributed by atoms with Crippen LogP contribution in [0, 0.1) is 0 Å². The molecule has 26 heavy (non-hydrogen) atoms. The van der Waals surface area contributed by atoms with Crippen LogP contribution >= 0.6 is 0 Å². The van der Waals surface area contributed by atoms with Crippen molar-refractivity contribution in [2.24, 2.45) is 0 Å². The Balaban J connectivity index is 1.51. The minimum Gasteiger partial charge on any atom is -0.377 e. The highest BCUT2D eigenvalue weighted by molar-refractivity contribution is 5.98. The number of aromatic amines is 1. The summed E-state index contributed by atoms with van der Waals surface area (Å²) in [5.74, 6) is 0.0473. The summed E-state index contributed by atoms with van der Waals surface area (Å²) in [5.41, 5.74) is 1.32. The lowest BCUT2D eigenvalue weighted by Gasteiger charge is -2.32. The molecule has 1 N–H and O–H groups in total. The zero-order valence-corrected chi connectivity index (χ0v) is 15.5. The fourth-order valence-corrected chi connectivity index (χ4v) is 4.10. The van der Waals surface area contributed by atoms with Crippen molar-refractivity contribution in [2.45, 2.75) is 24.5 Å². The molecule has 1 aromatic carbocycles. The lowest BCUT2D eigenvalue weighted by Crippen LogP contribution is -2.47. The first-order valence-corrected chi connectivity index (χ1v) is 9.31. The fraction of sp³-hybridized carbons (Fsp3) is 0.550. The van der Waals surface area contributed by atoms with Crippen LogP contribution < -0.4 is 0 Å². The summed E-state index contributed by atoms with van der Waals surface area (Å²) < 4.78 is 12.2. The van der Waals surface area contributed by atoms with Crippen LogP contribution in [-0.2, 0) is 9.47 Å².